The number of hydrogen-bond acceptors (Lipinski definition) is 3. The molecule has 1 fully saturated rings. The van der Waals surface area contributed by atoms with Crippen molar-refractivity contribution in [1.82, 2.24) is 9.80 Å². The highest BCUT2D eigenvalue weighted by Crippen LogP contribution is 2.32. The number of alkyl halides is 3. The standard InChI is InChI=1S/C20H31F3N2O/c1-19(2,3)26-14-15-6-7-17(20(21,22)23)12-16(15)13-25(5)18-8-10-24(4)11-9-18/h6-7,12,18H,8-11,13-14H2,1-5H3. The number of likely N-dealkylation sites (tertiary alicyclic amines) is 1. The van der Waals surface area contributed by atoms with Crippen LogP contribution in [0.15, 0.2) is 18.2 Å². The molecule has 1 aliphatic rings. The molecule has 1 aromatic rings. The Kier molecular flexibility index (Phi) is 6.75. The van der Waals surface area contributed by atoms with Crippen molar-refractivity contribution < 1.29 is 17.9 Å². The molecule has 3 nitrogen and oxygen atoms in total. The van der Waals surface area contributed by atoms with Crippen LogP contribution in [0.3, 0.4) is 0 Å². The molecule has 0 unspecified atom stereocenters. The average Bonchev–Trinajstić information content (AvgIpc) is 2.52. The van der Waals surface area contributed by atoms with Crippen molar-refractivity contribution >= 4 is 0 Å². The van der Waals surface area contributed by atoms with Crippen LogP contribution in [0.25, 0.3) is 0 Å². The molecular weight excluding hydrogens is 341 g/mol. The lowest BCUT2D eigenvalue weighted by Crippen LogP contribution is -2.41. The molecule has 0 amide bonds. The Bertz CT molecular complexity index is 588. The number of ether oxygens (including phenoxy) is 1. The van der Waals surface area contributed by atoms with Gasteiger partial charge in [0, 0.05) is 12.6 Å². The molecule has 6 heteroatoms. The van der Waals surface area contributed by atoms with Crippen molar-refractivity contribution in [2.24, 2.45) is 0 Å². The Morgan fingerprint density at radius 2 is 1.73 bits per heavy atom. The molecule has 1 heterocycles. The van der Waals surface area contributed by atoms with Crippen LogP contribution in [-0.4, -0.2) is 48.6 Å². The van der Waals surface area contributed by atoms with Crippen molar-refractivity contribution in [3.8, 4) is 0 Å². The lowest BCUT2D eigenvalue weighted by Gasteiger charge is -2.35. The summed E-state index contributed by atoms with van der Waals surface area (Å²) in [7, 11) is 4.11. The van der Waals surface area contributed by atoms with Crippen molar-refractivity contribution in [1.29, 1.82) is 0 Å². The first-order valence-electron chi connectivity index (χ1n) is 9.17. The molecule has 148 valence electrons. The molecule has 0 atom stereocenters. The van der Waals surface area contributed by atoms with Gasteiger partial charge < -0.3 is 9.64 Å². The minimum Gasteiger partial charge on any atom is -0.371 e. The van der Waals surface area contributed by atoms with Gasteiger partial charge in [-0.1, -0.05) is 6.07 Å². The summed E-state index contributed by atoms with van der Waals surface area (Å²) in [6, 6.07) is 4.40. The van der Waals surface area contributed by atoms with Gasteiger partial charge in [0.05, 0.1) is 17.8 Å². The van der Waals surface area contributed by atoms with Crippen molar-refractivity contribution in [3.05, 3.63) is 34.9 Å². The maximum absolute atomic E-state index is 13.2. The van der Waals surface area contributed by atoms with E-state index in [1.807, 2.05) is 27.8 Å². The zero-order valence-corrected chi connectivity index (χ0v) is 16.5. The zero-order chi connectivity index (χ0) is 19.5. The predicted octanol–water partition coefficient (Wildman–Crippen LogP) is 4.55. The van der Waals surface area contributed by atoms with Gasteiger partial charge in [-0.05, 0) is 84.1 Å². The summed E-state index contributed by atoms with van der Waals surface area (Å²) < 4.78 is 45.3. The van der Waals surface area contributed by atoms with Crippen LogP contribution in [0.4, 0.5) is 13.2 Å². The summed E-state index contributed by atoms with van der Waals surface area (Å²) in [5.74, 6) is 0. The van der Waals surface area contributed by atoms with Crippen molar-refractivity contribution in [2.75, 3.05) is 27.2 Å². The Labute approximate surface area is 155 Å². The summed E-state index contributed by atoms with van der Waals surface area (Å²) in [6.45, 7) is 8.71. The molecule has 0 aromatic heterocycles. The van der Waals surface area contributed by atoms with Gasteiger partial charge in [-0.3, -0.25) is 4.90 Å². The fourth-order valence-corrected chi connectivity index (χ4v) is 3.22. The lowest BCUT2D eigenvalue weighted by molar-refractivity contribution is -0.137. The normalized spacial score (nSPS) is 17.9. The van der Waals surface area contributed by atoms with Gasteiger partial charge in [0.2, 0.25) is 0 Å². The summed E-state index contributed by atoms with van der Waals surface area (Å²) in [5, 5.41) is 0. The molecule has 0 radical (unpaired) electrons. The van der Waals surface area contributed by atoms with Crippen LogP contribution in [0.1, 0.15) is 50.3 Å². The number of piperidine rings is 1. The maximum atomic E-state index is 13.2. The molecule has 1 aliphatic heterocycles. The summed E-state index contributed by atoms with van der Waals surface area (Å²) >= 11 is 0. The summed E-state index contributed by atoms with van der Waals surface area (Å²) in [6.07, 6.45) is -2.25. The van der Waals surface area contributed by atoms with E-state index >= 15 is 0 Å². The first-order valence-corrected chi connectivity index (χ1v) is 9.17. The van der Waals surface area contributed by atoms with Gasteiger partial charge in [0.15, 0.2) is 0 Å². The van der Waals surface area contributed by atoms with Gasteiger partial charge >= 0.3 is 6.18 Å². The molecule has 0 saturated carbocycles. The molecule has 2 rings (SSSR count). The van der Waals surface area contributed by atoms with E-state index in [0.717, 1.165) is 37.6 Å². The Morgan fingerprint density at radius 3 is 2.27 bits per heavy atom. The van der Waals surface area contributed by atoms with E-state index in [0.29, 0.717) is 24.8 Å². The monoisotopic (exact) mass is 372 g/mol. The molecule has 0 N–H and O–H groups in total. The van der Waals surface area contributed by atoms with Crippen LogP contribution < -0.4 is 0 Å². The molecular formula is C20H31F3N2O. The Morgan fingerprint density at radius 1 is 1.12 bits per heavy atom. The number of halogens is 3. The fourth-order valence-electron chi connectivity index (χ4n) is 3.22. The summed E-state index contributed by atoms with van der Waals surface area (Å²) in [4.78, 5) is 4.47. The number of benzene rings is 1. The highest BCUT2D eigenvalue weighted by molar-refractivity contribution is 5.33. The lowest BCUT2D eigenvalue weighted by atomic mass is 10.00. The Hall–Kier alpha value is -1.11. The molecule has 0 bridgehead atoms. The minimum absolute atomic E-state index is 0.318. The minimum atomic E-state index is -4.33. The van der Waals surface area contributed by atoms with Gasteiger partial charge in [-0.25, -0.2) is 0 Å². The van der Waals surface area contributed by atoms with Crippen LogP contribution in [0.2, 0.25) is 0 Å². The molecule has 1 aromatic carbocycles. The van der Waals surface area contributed by atoms with E-state index in [-0.39, 0.29) is 5.60 Å². The molecule has 26 heavy (non-hydrogen) atoms. The maximum Gasteiger partial charge on any atom is 0.416 e. The van der Waals surface area contributed by atoms with Gasteiger partial charge in [-0.2, -0.15) is 13.2 Å². The van der Waals surface area contributed by atoms with Crippen LogP contribution in [0, 0.1) is 0 Å². The predicted molar refractivity (Wildman–Crippen MR) is 98.0 cm³/mol. The summed E-state index contributed by atoms with van der Waals surface area (Å²) in [5.41, 5.74) is 0.599. The van der Waals surface area contributed by atoms with E-state index in [1.54, 1.807) is 6.07 Å². The van der Waals surface area contributed by atoms with Gasteiger partial charge in [0.25, 0.3) is 0 Å². The van der Waals surface area contributed by atoms with Gasteiger partial charge in [-0.15, -0.1) is 0 Å². The zero-order valence-electron chi connectivity index (χ0n) is 16.5. The molecule has 1 saturated heterocycles. The van der Waals surface area contributed by atoms with E-state index in [2.05, 4.69) is 16.8 Å². The van der Waals surface area contributed by atoms with E-state index in [1.165, 1.54) is 6.07 Å². The second-order valence-electron chi connectivity index (χ2n) is 8.33. The van der Waals surface area contributed by atoms with Crippen molar-refractivity contribution in [2.45, 2.75) is 64.6 Å². The van der Waals surface area contributed by atoms with E-state index in [4.69, 9.17) is 4.74 Å². The SMILES string of the molecule is CN1CCC(N(C)Cc2cc(C(F)(F)F)ccc2COC(C)(C)C)CC1. The molecule has 0 spiro atoms. The second-order valence-corrected chi connectivity index (χ2v) is 8.33. The van der Waals surface area contributed by atoms with E-state index < -0.39 is 11.7 Å². The largest absolute Gasteiger partial charge is 0.416 e. The third kappa shape index (κ3) is 6.25. The Balaban J connectivity index is 2.18. The number of rotatable bonds is 5. The highest BCUT2D eigenvalue weighted by atomic mass is 19.4. The molecule has 0 aliphatic carbocycles. The quantitative estimate of drug-likeness (QED) is 0.754. The number of nitrogens with zero attached hydrogens (tertiary/aromatic N) is 2. The topological polar surface area (TPSA) is 15.7 Å². The van der Waals surface area contributed by atoms with Crippen molar-refractivity contribution in [3.63, 3.8) is 0 Å². The average molecular weight is 372 g/mol. The van der Waals surface area contributed by atoms with Crippen LogP contribution >= 0.6 is 0 Å². The van der Waals surface area contributed by atoms with Crippen LogP contribution in [-0.2, 0) is 24.1 Å². The first-order chi connectivity index (χ1) is 12.0. The second kappa shape index (κ2) is 8.28. The third-order valence-corrected chi connectivity index (χ3v) is 4.93. The smallest absolute Gasteiger partial charge is 0.371 e. The third-order valence-electron chi connectivity index (χ3n) is 4.93. The van der Waals surface area contributed by atoms with E-state index in [9.17, 15) is 13.2 Å². The number of hydrogen-bond donors (Lipinski definition) is 0. The first kappa shape index (κ1) is 21.2. The van der Waals surface area contributed by atoms with Crippen LogP contribution in [0.5, 0.6) is 0 Å². The fraction of sp³-hybridized carbons (Fsp3) is 0.700. The van der Waals surface area contributed by atoms with Gasteiger partial charge in [0.1, 0.15) is 0 Å². The highest BCUT2D eigenvalue weighted by Gasteiger charge is 2.31.